The van der Waals surface area contributed by atoms with Gasteiger partial charge in [-0.3, -0.25) is 4.90 Å². The first-order chi connectivity index (χ1) is 7.18. The summed E-state index contributed by atoms with van der Waals surface area (Å²) in [5.74, 6) is 0. The molecule has 5 heteroatoms. The standard InChI is InChI=1S/C10H18N2O3/c13-9-3-1-2-8(9)11-4-6-12(7-5-11)10(14)15/h8-9,13H,1-7H2,(H,14,15)/t8-,9-/m1/s1. The molecule has 1 saturated heterocycles. The summed E-state index contributed by atoms with van der Waals surface area (Å²) in [6.45, 7) is 2.65. The van der Waals surface area contributed by atoms with E-state index in [-0.39, 0.29) is 12.1 Å². The highest BCUT2D eigenvalue weighted by molar-refractivity contribution is 5.65. The predicted molar refractivity (Wildman–Crippen MR) is 54.8 cm³/mol. The van der Waals surface area contributed by atoms with Crippen LogP contribution in [0.25, 0.3) is 0 Å². The van der Waals surface area contributed by atoms with Crippen LogP contribution < -0.4 is 0 Å². The van der Waals surface area contributed by atoms with Gasteiger partial charge in [-0.25, -0.2) is 4.79 Å². The molecule has 2 atom stereocenters. The van der Waals surface area contributed by atoms with Gasteiger partial charge < -0.3 is 15.1 Å². The Bertz CT molecular complexity index is 239. The second kappa shape index (κ2) is 4.37. The zero-order valence-corrected chi connectivity index (χ0v) is 8.80. The van der Waals surface area contributed by atoms with E-state index in [0.717, 1.165) is 32.4 Å². The molecule has 86 valence electrons. The highest BCUT2D eigenvalue weighted by atomic mass is 16.4. The van der Waals surface area contributed by atoms with E-state index in [4.69, 9.17) is 5.11 Å². The molecule has 1 aliphatic carbocycles. The Hall–Kier alpha value is -0.810. The number of hydrogen-bond donors (Lipinski definition) is 2. The van der Waals surface area contributed by atoms with E-state index >= 15 is 0 Å². The maximum absolute atomic E-state index is 10.7. The van der Waals surface area contributed by atoms with E-state index in [9.17, 15) is 9.90 Å². The van der Waals surface area contributed by atoms with Crippen LogP contribution in [0.2, 0.25) is 0 Å². The predicted octanol–water partition coefficient (Wildman–Crippen LogP) is 0.195. The lowest BCUT2D eigenvalue weighted by Gasteiger charge is -2.37. The number of hydrogen-bond acceptors (Lipinski definition) is 3. The molecule has 0 radical (unpaired) electrons. The van der Waals surface area contributed by atoms with Crippen LogP contribution in [-0.4, -0.2) is 64.4 Å². The number of carbonyl (C=O) groups is 1. The van der Waals surface area contributed by atoms with Crippen LogP contribution in [0, 0.1) is 0 Å². The summed E-state index contributed by atoms with van der Waals surface area (Å²) in [5, 5.41) is 18.5. The van der Waals surface area contributed by atoms with Gasteiger partial charge in [0.2, 0.25) is 0 Å². The van der Waals surface area contributed by atoms with Crippen LogP contribution in [0.3, 0.4) is 0 Å². The van der Waals surface area contributed by atoms with Gasteiger partial charge in [0.1, 0.15) is 0 Å². The lowest BCUT2D eigenvalue weighted by molar-refractivity contribution is 0.0367. The van der Waals surface area contributed by atoms with Crippen molar-refractivity contribution in [2.75, 3.05) is 26.2 Å². The Balaban J connectivity index is 1.85. The molecule has 1 aliphatic heterocycles. The van der Waals surface area contributed by atoms with Gasteiger partial charge in [0.15, 0.2) is 0 Å². The van der Waals surface area contributed by atoms with Crippen LogP contribution in [0.4, 0.5) is 4.79 Å². The van der Waals surface area contributed by atoms with Gasteiger partial charge in [0, 0.05) is 32.2 Å². The number of carboxylic acid groups (broad SMARTS) is 1. The maximum atomic E-state index is 10.7. The maximum Gasteiger partial charge on any atom is 0.407 e. The lowest BCUT2D eigenvalue weighted by atomic mass is 10.1. The van der Waals surface area contributed by atoms with Crippen molar-refractivity contribution < 1.29 is 15.0 Å². The summed E-state index contributed by atoms with van der Waals surface area (Å²) < 4.78 is 0. The van der Waals surface area contributed by atoms with Crippen molar-refractivity contribution in [1.82, 2.24) is 9.80 Å². The van der Waals surface area contributed by atoms with Gasteiger partial charge in [-0.2, -0.15) is 0 Å². The van der Waals surface area contributed by atoms with Crippen molar-refractivity contribution in [3.8, 4) is 0 Å². The average Bonchev–Trinajstić information content (AvgIpc) is 2.65. The molecule has 2 aliphatic rings. The molecule has 1 heterocycles. The van der Waals surface area contributed by atoms with Gasteiger partial charge in [-0.1, -0.05) is 0 Å². The molecule has 0 unspecified atom stereocenters. The lowest BCUT2D eigenvalue weighted by Crippen LogP contribution is -2.53. The van der Waals surface area contributed by atoms with Crippen LogP contribution in [0.1, 0.15) is 19.3 Å². The van der Waals surface area contributed by atoms with Gasteiger partial charge >= 0.3 is 6.09 Å². The molecular formula is C10H18N2O3. The molecule has 0 aromatic heterocycles. The first kappa shape index (κ1) is 10.7. The van der Waals surface area contributed by atoms with Crippen molar-refractivity contribution in [2.24, 2.45) is 0 Å². The van der Waals surface area contributed by atoms with Crippen molar-refractivity contribution in [1.29, 1.82) is 0 Å². The summed E-state index contributed by atoms with van der Waals surface area (Å²) in [6.07, 6.45) is 1.99. The third kappa shape index (κ3) is 2.23. The molecule has 0 aromatic rings. The summed E-state index contributed by atoms with van der Waals surface area (Å²) in [5.41, 5.74) is 0. The summed E-state index contributed by atoms with van der Waals surface area (Å²) in [6, 6.07) is 0.265. The Morgan fingerprint density at radius 1 is 1.13 bits per heavy atom. The molecule has 0 spiro atoms. The Labute approximate surface area is 89.3 Å². The van der Waals surface area contributed by atoms with Crippen molar-refractivity contribution >= 4 is 6.09 Å². The number of piperazine rings is 1. The van der Waals surface area contributed by atoms with Gasteiger partial charge in [0.25, 0.3) is 0 Å². The smallest absolute Gasteiger partial charge is 0.407 e. The second-order valence-corrected chi connectivity index (χ2v) is 4.37. The van der Waals surface area contributed by atoms with E-state index < -0.39 is 6.09 Å². The van der Waals surface area contributed by atoms with Crippen LogP contribution in [0.15, 0.2) is 0 Å². The first-order valence-electron chi connectivity index (χ1n) is 5.58. The molecule has 1 saturated carbocycles. The molecule has 0 aromatic carbocycles. The van der Waals surface area contributed by atoms with E-state index in [1.165, 1.54) is 4.90 Å². The fourth-order valence-corrected chi connectivity index (χ4v) is 2.59. The molecule has 1 amide bonds. The number of aliphatic hydroxyl groups excluding tert-OH is 1. The van der Waals surface area contributed by atoms with Crippen LogP contribution >= 0.6 is 0 Å². The normalized spacial score (nSPS) is 33.3. The number of amides is 1. The minimum atomic E-state index is -0.832. The Morgan fingerprint density at radius 3 is 2.27 bits per heavy atom. The monoisotopic (exact) mass is 214 g/mol. The van der Waals surface area contributed by atoms with Crippen LogP contribution in [-0.2, 0) is 0 Å². The molecule has 2 rings (SSSR count). The molecular weight excluding hydrogens is 196 g/mol. The van der Waals surface area contributed by atoms with Crippen molar-refractivity contribution in [2.45, 2.75) is 31.4 Å². The fourth-order valence-electron chi connectivity index (χ4n) is 2.59. The molecule has 15 heavy (non-hydrogen) atoms. The van der Waals surface area contributed by atoms with Crippen molar-refractivity contribution in [3.63, 3.8) is 0 Å². The molecule has 2 fully saturated rings. The summed E-state index contributed by atoms with van der Waals surface area (Å²) >= 11 is 0. The van der Waals surface area contributed by atoms with E-state index in [1.54, 1.807) is 0 Å². The van der Waals surface area contributed by atoms with Gasteiger partial charge in [-0.05, 0) is 19.3 Å². The third-order valence-electron chi connectivity index (χ3n) is 3.50. The highest BCUT2D eigenvalue weighted by Crippen LogP contribution is 2.24. The second-order valence-electron chi connectivity index (χ2n) is 4.37. The summed E-state index contributed by atoms with van der Waals surface area (Å²) in [4.78, 5) is 14.4. The summed E-state index contributed by atoms with van der Waals surface area (Å²) in [7, 11) is 0. The first-order valence-corrected chi connectivity index (χ1v) is 5.58. The molecule has 0 bridgehead atoms. The van der Waals surface area contributed by atoms with E-state index in [2.05, 4.69) is 4.90 Å². The highest BCUT2D eigenvalue weighted by Gasteiger charge is 2.33. The number of rotatable bonds is 1. The van der Waals surface area contributed by atoms with Crippen LogP contribution in [0.5, 0.6) is 0 Å². The molecule has 5 nitrogen and oxygen atoms in total. The molecule has 2 N–H and O–H groups in total. The SMILES string of the molecule is O=C(O)N1CCN([C@@H]2CCC[C@H]2O)CC1. The van der Waals surface area contributed by atoms with E-state index in [1.807, 2.05) is 0 Å². The number of aliphatic hydroxyl groups is 1. The van der Waals surface area contributed by atoms with E-state index in [0.29, 0.717) is 13.1 Å². The Morgan fingerprint density at radius 2 is 1.80 bits per heavy atom. The fraction of sp³-hybridized carbons (Fsp3) is 0.900. The topological polar surface area (TPSA) is 64.0 Å². The minimum absolute atomic E-state index is 0.207. The zero-order chi connectivity index (χ0) is 10.8. The Kier molecular flexibility index (Phi) is 3.11. The zero-order valence-electron chi connectivity index (χ0n) is 8.80. The van der Waals surface area contributed by atoms with Gasteiger partial charge in [-0.15, -0.1) is 0 Å². The number of nitrogens with zero attached hydrogens (tertiary/aromatic N) is 2. The van der Waals surface area contributed by atoms with Crippen molar-refractivity contribution in [3.05, 3.63) is 0 Å². The largest absolute Gasteiger partial charge is 0.465 e. The van der Waals surface area contributed by atoms with Gasteiger partial charge in [0.05, 0.1) is 6.10 Å². The quantitative estimate of drug-likeness (QED) is 0.654. The third-order valence-corrected chi connectivity index (χ3v) is 3.50. The average molecular weight is 214 g/mol. The minimum Gasteiger partial charge on any atom is -0.465 e.